The van der Waals surface area contributed by atoms with Crippen molar-refractivity contribution in [1.29, 1.82) is 5.26 Å². The molecule has 34 heavy (non-hydrogen) atoms. The number of hydrogen-bond acceptors (Lipinski definition) is 6. The molecule has 3 heterocycles. The van der Waals surface area contributed by atoms with Gasteiger partial charge >= 0.3 is 0 Å². The van der Waals surface area contributed by atoms with E-state index in [-0.39, 0.29) is 17.9 Å². The van der Waals surface area contributed by atoms with Crippen LogP contribution < -0.4 is 11.1 Å². The molecule has 3 N–H and O–H groups in total. The predicted molar refractivity (Wildman–Crippen MR) is 137 cm³/mol. The van der Waals surface area contributed by atoms with Crippen LogP contribution in [0.5, 0.6) is 0 Å². The first-order valence-corrected chi connectivity index (χ1v) is 12.8. The van der Waals surface area contributed by atoms with E-state index in [2.05, 4.69) is 33.3 Å². The number of amides is 1. The highest BCUT2D eigenvalue weighted by Crippen LogP contribution is 2.20. The number of pyridine rings is 1. The average Bonchev–Trinajstić information content (AvgIpc) is 3.31. The first kappa shape index (κ1) is 25.9. The molecule has 0 saturated carbocycles. The third-order valence-electron chi connectivity index (χ3n) is 6.29. The van der Waals surface area contributed by atoms with Gasteiger partial charge in [0.25, 0.3) is 5.91 Å². The van der Waals surface area contributed by atoms with Crippen LogP contribution in [-0.2, 0) is 6.54 Å². The molecule has 0 radical (unpaired) electrons. The largest absolute Gasteiger partial charge is 0.369 e. The molecule has 1 amide bonds. The van der Waals surface area contributed by atoms with E-state index in [0.717, 1.165) is 43.5 Å². The lowest BCUT2D eigenvalue weighted by Gasteiger charge is -2.38. The van der Waals surface area contributed by atoms with Crippen LogP contribution in [0.3, 0.4) is 0 Å². The number of nitriles is 1. The molecule has 0 aliphatic carbocycles. The highest BCUT2D eigenvalue weighted by Gasteiger charge is 2.28. The number of carbonyl (C=O) groups excluding carboxylic acids is 1. The van der Waals surface area contributed by atoms with E-state index in [1.54, 1.807) is 29.2 Å². The number of thiophene rings is 1. The van der Waals surface area contributed by atoms with Crippen LogP contribution >= 0.6 is 22.9 Å². The quantitative estimate of drug-likeness (QED) is 0.188. The van der Waals surface area contributed by atoms with Crippen molar-refractivity contribution in [3.05, 3.63) is 50.4 Å². The Balaban J connectivity index is 1.45. The monoisotopic (exact) mass is 501 g/mol. The van der Waals surface area contributed by atoms with Crippen molar-refractivity contribution < 1.29 is 4.79 Å². The molecule has 2 aromatic heterocycles. The molecule has 3 rings (SSSR count). The Morgan fingerprint density at radius 2 is 2.21 bits per heavy atom. The minimum atomic E-state index is -0.119. The maximum absolute atomic E-state index is 12.6. The van der Waals surface area contributed by atoms with Crippen molar-refractivity contribution in [2.75, 3.05) is 19.6 Å². The van der Waals surface area contributed by atoms with Crippen LogP contribution in [-0.4, -0.2) is 58.4 Å². The number of rotatable bonds is 8. The number of aliphatic imine (C=N–C) groups is 1. The van der Waals surface area contributed by atoms with Gasteiger partial charge in [-0.2, -0.15) is 16.6 Å². The van der Waals surface area contributed by atoms with E-state index in [4.69, 9.17) is 17.3 Å². The number of nitrogens with zero attached hydrogens (tertiary/aromatic N) is 5. The lowest BCUT2D eigenvalue weighted by Crippen LogP contribution is -2.50. The molecule has 10 heteroatoms. The fourth-order valence-corrected chi connectivity index (χ4v) is 5.28. The van der Waals surface area contributed by atoms with Gasteiger partial charge in [-0.1, -0.05) is 11.6 Å². The van der Waals surface area contributed by atoms with Crippen molar-refractivity contribution in [2.45, 2.75) is 58.7 Å². The molecule has 1 fully saturated rings. The summed E-state index contributed by atoms with van der Waals surface area (Å²) in [7, 11) is 0. The van der Waals surface area contributed by atoms with Gasteiger partial charge in [-0.15, -0.1) is 0 Å². The zero-order valence-electron chi connectivity index (χ0n) is 19.9. The number of carbonyl (C=O) groups is 1. The summed E-state index contributed by atoms with van der Waals surface area (Å²) in [5, 5.41) is 17.1. The van der Waals surface area contributed by atoms with Crippen molar-refractivity contribution in [3.63, 3.8) is 0 Å². The molecule has 1 aliphatic heterocycles. The number of aromatic nitrogens is 1. The lowest BCUT2D eigenvalue weighted by atomic mass is 10.0. The van der Waals surface area contributed by atoms with E-state index in [9.17, 15) is 10.1 Å². The molecule has 0 spiro atoms. The number of nitrogens with two attached hydrogens (primary N) is 1. The van der Waals surface area contributed by atoms with Crippen molar-refractivity contribution in [2.24, 2.45) is 10.7 Å². The van der Waals surface area contributed by atoms with E-state index < -0.39 is 0 Å². The number of aryl methyl sites for hydroxylation is 2. The average molecular weight is 502 g/mol. The normalized spacial score (nSPS) is 16.1. The number of halogens is 1. The lowest BCUT2D eigenvalue weighted by molar-refractivity contribution is 0.0940. The zero-order chi connectivity index (χ0) is 24.7. The number of likely N-dealkylation sites (tertiary alicyclic amines) is 1. The van der Waals surface area contributed by atoms with Crippen molar-refractivity contribution >= 4 is 34.8 Å². The summed E-state index contributed by atoms with van der Waals surface area (Å²) in [6.45, 7) is 8.64. The molecule has 2 aromatic rings. The van der Waals surface area contributed by atoms with E-state index in [1.807, 2.05) is 23.8 Å². The summed E-state index contributed by atoms with van der Waals surface area (Å²) in [5.74, 6) is 0.164. The van der Waals surface area contributed by atoms with Crippen LogP contribution in [0.2, 0.25) is 5.15 Å². The number of guanidine groups is 1. The van der Waals surface area contributed by atoms with Gasteiger partial charge in [0, 0.05) is 31.7 Å². The first-order valence-electron chi connectivity index (χ1n) is 11.5. The Bertz CT molecular complexity index is 1020. The number of piperidine rings is 1. The summed E-state index contributed by atoms with van der Waals surface area (Å²) < 4.78 is 0. The summed E-state index contributed by atoms with van der Waals surface area (Å²) in [4.78, 5) is 25.2. The van der Waals surface area contributed by atoms with Gasteiger partial charge in [0.05, 0.1) is 17.8 Å². The maximum atomic E-state index is 12.6. The molecule has 8 nitrogen and oxygen atoms in total. The standard InChI is InChI=1S/C24H32ClN7OS/c1-16-12-21(25)30-18(3)22(16)23(33)28-8-4-17(2)31-9-5-20(6-10-31)32(15-26)24(27)29-13-19-7-11-34-14-19/h7,11-12,14,17,20H,4-6,8-10,13H2,1-3H3,(H2,27,29)(H,28,33). The minimum absolute atomic E-state index is 0.0581. The van der Waals surface area contributed by atoms with Gasteiger partial charge in [0.2, 0.25) is 5.96 Å². The first-order chi connectivity index (χ1) is 16.3. The Labute approximate surface area is 210 Å². The van der Waals surface area contributed by atoms with Gasteiger partial charge in [-0.3, -0.25) is 4.79 Å². The van der Waals surface area contributed by atoms with E-state index in [0.29, 0.717) is 35.5 Å². The second kappa shape index (κ2) is 12.2. The van der Waals surface area contributed by atoms with Gasteiger partial charge < -0.3 is 16.0 Å². The van der Waals surface area contributed by atoms with Gasteiger partial charge in [0.15, 0.2) is 6.19 Å². The highest BCUT2D eigenvalue weighted by molar-refractivity contribution is 7.07. The molecule has 1 saturated heterocycles. The second-order valence-corrected chi connectivity index (χ2v) is 9.83. The molecule has 182 valence electrons. The van der Waals surface area contributed by atoms with Crippen LogP contribution in [0.25, 0.3) is 0 Å². The highest BCUT2D eigenvalue weighted by atomic mass is 35.5. The fraction of sp³-hybridized carbons (Fsp3) is 0.500. The SMILES string of the molecule is Cc1cc(Cl)nc(C)c1C(=O)NCCC(C)N1CCC(N(C#N)C(N)=NCc2ccsc2)CC1. The minimum Gasteiger partial charge on any atom is -0.369 e. The Morgan fingerprint density at radius 1 is 1.47 bits per heavy atom. The van der Waals surface area contributed by atoms with Gasteiger partial charge in [-0.05, 0) is 74.1 Å². The topological polar surface area (TPSA) is 111 Å². The summed E-state index contributed by atoms with van der Waals surface area (Å²) in [6, 6.07) is 4.09. The number of nitrogens with one attached hydrogen (secondary N) is 1. The van der Waals surface area contributed by atoms with Gasteiger partial charge in [0.1, 0.15) is 5.15 Å². The van der Waals surface area contributed by atoms with Crippen molar-refractivity contribution in [3.8, 4) is 6.19 Å². The molecule has 0 aromatic carbocycles. The summed E-state index contributed by atoms with van der Waals surface area (Å²) >= 11 is 7.59. The Kier molecular flexibility index (Phi) is 9.28. The summed E-state index contributed by atoms with van der Waals surface area (Å²) in [5.41, 5.74) is 9.28. The van der Waals surface area contributed by atoms with Crippen LogP contribution in [0.15, 0.2) is 27.9 Å². The van der Waals surface area contributed by atoms with Gasteiger partial charge in [-0.25, -0.2) is 14.9 Å². The predicted octanol–water partition coefficient (Wildman–Crippen LogP) is 3.68. The third-order valence-corrected chi connectivity index (χ3v) is 7.21. The molecular weight excluding hydrogens is 470 g/mol. The summed E-state index contributed by atoms with van der Waals surface area (Å²) in [6.07, 6.45) is 4.74. The molecule has 1 aliphatic rings. The molecular formula is C24H32ClN7OS. The van der Waals surface area contributed by atoms with Crippen LogP contribution in [0, 0.1) is 25.3 Å². The van der Waals surface area contributed by atoms with E-state index >= 15 is 0 Å². The Morgan fingerprint density at radius 3 is 2.82 bits per heavy atom. The zero-order valence-corrected chi connectivity index (χ0v) is 21.5. The molecule has 1 unspecified atom stereocenters. The smallest absolute Gasteiger partial charge is 0.253 e. The van der Waals surface area contributed by atoms with Crippen molar-refractivity contribution in [1.82, 2.24) is 20.1 Å². The second-order valence-electron chi connectivity index (χ2n) is 8.66. The maximum Gasteiger partial charge on any atom is 0.253 e. The third kappa shape index (κ3) is 6.69. The Hall–Kier alpha value is -2.67. The molecule has 1 atom stereocenters. The fourth-order valence-electron chi connectivity index (χ4n) is 4.33. The van der Waals surface area contributed by atoms with E-state index in [1.165, 1.54) is 0 Å². The van der Waals surface area contributed by atoms with Crippen LogP contribution in [0.4, 0.5) is 0 Å². The molecule has 0 bridgehead atoms. The van der Waals surface area contributed by atoms with Crippen LogP contribution in [0.1, 0.15) is 53.4 Å². The number of hydrogen-bond donors (Lipinski definition) is 2.